The van der Waals surface area contributed by atoms with Crippen molar-refractivity contribution < 1.29 is 0 Å². The molecule has 0 unspecified atom stereocenters. The van der Waals surface area contributed by atoms with Gasteiger partial charge in [-0.1, -0.05) is 155 Å². The topological polar surface area (TPSA) is 51.6 Å². The Labute approximate surface area is 280 Å². The molecule has 0 amide bonds. The first-order chi connectivity index (χ1) is 22.9. The maximum absolute atomic E-state index is 5.16. The van der Waals surface area contributed by atoms with E-state index in [1.165, 1.54) is 5.57 Å². The van der Waals surface area contributed by atoms with Crippen molar-refractivity contribution in [3.05, 3.63) is 157 Å². The third kappa shape index (κ3) is 8.03. The Balaban J connectivity index is 0.00000245. The summed E-state index contributed by atoms with van der Waals surface area (Å²) in [5, 5.41) is 0. The number of hydrogen-bond donors (Lipinski definition) is 0. The quantitative estimate of drug-likeness (QED) is 0.146. The number of allylic oxidation sites excluding steroid dienone is 8. The molecule has 0 aliphatic rings. The molecule has 0 aliphatic carbocycles. The first-order valence-corrected chi connectivity index (χ1v) is 16.2. The molecule has 2 aromatic heterocycles. The standard InChI is InChI=1S/C41H38N4.C2H6/c1-7-10-22-35(28(4)5)38-29(6)37(32-18-13-11-14-19-32)43-41(44-38)34-25-23-31(24-26-34)36-27-42-40(33-20-15-12-16-21-33)45-39(36)30(9-3)17-8-2;1-2/h8-27H,2-3,7H2,1,4-6H3;1-2H3/b22-10-,30-17+;. The second-order valence-electron chi connectivity index (χ2n) is 10.9. The van der Waals surface area contributed by atoms with Crippen LogP contribution in [0.3, 0.4) is 0 Å². The van der Waals surface area contributed by atoms with E-state index in [4.69, 9.17) is 19.9 Å². The molecule has 0 fully saturated rings. The van der Waals surface area contributed by atoms with Crippen LogP contribution in [0.2, 0.25) is 0 Å². The lowest BCUT2D eigenvalue weighted by atomic mass is 9.97. The third-order valence-corrected chi connectivity index (χ3v) is 7.57. The molecule has 4 nitrogen and oxygen atoms in total. The van der Waals surface area contributed by atoms with Crippen molar-refractivity contribution in [3.8, 4) is 45.2 Å². The highest BCUT2D eigenvalue weighted by atomic mass is 14.9. The van der Waals surface area contributed by atoms with Crippen molar-refractivity contribution in [2.75, 3.05) is 0 Å². The number of aromatic nitrogens is 4. The van der Waals surface area contributed by atoms with Crippen LogP contribution in [0.5, 0.6) is 0 Å². The Kier molecular flexibility index (Phi) is 12.2. The molecule has 0 saturated carbocycles. The molecule has 3 aromatic carbocycles. The Morgan fingerprint density at radius 2 is 1.28 bits per heavy atom. The predicted octanol–water partition coefficient (Wildman–Crippen LogP) is 11.8. The Morgan fingerprint density at radius 1 is 0.702 bits per heavy atom. The second kappa shape index (κ2) is 16.7. The Bertz CT molecular complexity index is 1910. The van der Waals surface area contributed by atoms with Gasteiger partial charge in [-0.2, -0.15) is 0 Å². The van der Waals surface area contributed by atoms with Gasteiger partial charge in [0, 0.05) is 39.6 Å². The molecule has 4 heteroatoms. The fraction of sp³-hybridized carbons (Fsp3) is 0.163. The number of rotatable bonds is 10. The van der Waals surface area contributed by atoms with Crippen molar-refractivity contribution >= 4 is 11.1 Å². The van der Waals surface area contributed by atoms with Gasteiger partial charge in [0.15, 0.2) is 11.6 Å². The monoisotopic (exact) mass is 616 g/mol. The number of hydrogen-bond acceptors (Lipinski definition) is 4. The van der Waals surface area contributed by atoms with E-state index in [0.717, 1.165) is 68.0 Å². The maximum Gasteiger partial charge on any atom is 0.160 e. The first-order valence-electron chi connectivity index (χ1n) is 16.2. The van der Waals surface area contributed by atoms with E-state index in [1.807, 2.05) is 74.7 Å². The minimum absolute atomic E-state index is 0.656. The van der Waals surface area contributed by atoms with Gasteiger partial charge in [0.2, 0.25) is 0 Å². The van der Waals surface area contributed by atoms with Crippen LogP contribution in [0.15, 0.2) is 140 Å². The van der Waals surface area contributed by atoms with Crippen LogP contribution >= 0.6 is 0 Å². The average molecular weight is 617 g/mol. The predicted molar refractivity (Wildman–Crippen MR) is 202 cm³/mol. The molecule has 47 heavy (non-hydrogen) atoms. The Morgan fingerprint density at radius 3 is 1.85 bits per heavy atom. The van der Waals surface area contributed by atoms with Crippen LogP contribution in [0.25, 0.3) is 56.3 Å². The van der Waals surface area contributed by atoms with E-state index in [2.05, 4.69) is 89.4 Å². The zero-order valence-corrected chi connectivity index (χ0v) is 28.5. The molecule has 5 rings (SSSR count). The molecule has 0 N–H and O–H groups in total. The molecule has 0 atom stereocenters. The van der Waals surface area contributed by atoms with Gasteiger partial charge in [-0.05, 0) is 38.3 Å². The third-order valence-electron chi connectivity index (χ3n) is 7.57. The van der Waals surface area contributed by atoms with E-state index < -0.39 is 0 Å². The summed E-state index contributed by atoms with van der Waals surface area (Å²) in [6.07, 6.45) is 12.7. The van der Waals surface area contributed by atoms with E-state index >= 15 is 0 Å². The zero-order chi connectivity index (χ0) is 33.8. The normalized spacial score (nSPS) is 11.1. The molecule has 0 radical (unpaired) electrons. The largest absolute Gasteiger partial charge is 0.236 e. The van der Waals surface area contributed by atoms with Crippen LogP contribution in [0.4, 0.5) is 0 Å². The van der Waals surface area contributed by atoms with Gasteiger partial charge >= 0.3 is 0 Å². The van der Waals surface area contributed by atoms with Crippen LogP contribution in [-0.2, 0) is 0 Å². The van der Waals surface area contributed by atoms with Gasteiger partial charge in [-0.3, -0.25) is 0 Å². The summed E-state index contributed by atoms with van der Waals surface area (Å²) in [5.74, 6) is 1.34. The van der Waals surface area contributed by atoms with E-state index in [0.29, 0.717) is 11.6 Å². The summed E-state index contributed by atoms with van der Waals surface area (Å²) in [6, 6.07) is 28.6. The van der Waals surface area contributed by atoms with Crippen molar-refractivity contribution in [2.45, 2.75) is 48.0 Å². The number of benzene rings is 3. The summed E-state index contributed by atoms with van der Waals surface area (Å²) in [7, 11) is 0. The minimum atomic E-state index is 0.656. The maximum atomic E-state index is 5.16. The fourth-order valence-electron chi connectivity index (χ4n) is 5.21. The lowest BCUT2D eigenvalue weighted by Crippen LogP contribution is -2.03. The highest BCUT2D eigenvalue weighted by Crippen LogP contribution is 2.34. The lowest BCUT2D eigenvalue weighted by molar-refractivity contribution is 1.11. The molecular formula is C43H44N4. The highest BCUT2D eigenvalue weighted by Gasteiger charge is 2.18. The van der Waals surface area contributed by atoms with Crippen molar-refractivity contribution in [3.63, 3.8) is 0 Å². The SMILES string of the molecule is C=C/C=C(\C=C)c1nc(-c2ccccc2)ncc1-c1ccc(-c2nc(C(/C=C\CC)=C(C)C)c(C)c(-c3ccccc3)n2)cc1.CC. The average Bonchev–Trinajstić information content (AvgIpc) is 3.12. The second-order valence-corrected chi connectivity index (χ2v) is 10.9. The zero-order valence-electron chi connectivity index (χ0n) is 28.5. The smallest absolute Gasteiger partial charge is 0.160 e. The van der Waals surface area contributed by atoms with Crippen LogP contribution in [-0.4, -0.2) is 19.9 Å². The van der Waals surface area contributed by atoms with Crippen molar-refractivity contribution in [2.24, 2.45) is 0 Å². The van der Waals surface area contributed by atoms with Crippen molar-refractivity contribution in [1.82, 2.24) is 19.9 Å². The van der Waals surface area contributed by atoms with E-state index in [1.54, 1.807) is 12.2 Å². The summed E-state index contributed by atoms with van der Waals surface area (Å²) < 4.78 is 0. The summed E-state index contributed by atoms with van der Waals surface area (Å²) in [4.78, 5) is 20.0. The van der Waals surface area contributed by atoms with Crippen LogP contribution in [0.1, 0.15) is 58.0 Å². The summed E-state index contributed by atoms with van der Waals surface area (Å²) in [6.45, 7) is 20.5. The van der Waals surface area contributed by atoms with Gasteiger partial charge in [0.05, 0.1) is 17.1 Å². The highest BCUT2D eigenvalue weighted by molar-refractivity contribution is 5.85. The molecule has 2 heterocycles. The van der Waals surface area contributed by atoms with Gasteiger partial charge in [0.25, 0.3) is 0 Å². The summed E-state index contributed by atoms with van der Waals surface area (Å²) in [5.41, 5.74) is 11.8. The molecule has 0 saturated heterocycles. The first kappa shape index (κ1) is 34.4. The van der Waals surface area contributed by atoms with E-state index in [9.17, 15) is 0 Å². The minimum Gasteiger partial charge on any atom is -0.236 e. The van der Waals surface area contributed by atoms with Gasteiger partial charge in [-0.15, -0.1) is 0 Å². The Hall–Kier alpha value is -5.48. The van der Waals surface area contributed by atoms with E-state index in [-0.39, 0.29) is 0 Å². The molecular weight excluding hydrogens is 573 g/mol. The molecule has 0 spiro atoms. The van der Waals surface area contributed by atoms with Gasteiger partial charge < -0.3 is 0 Å². The molecule has 0 bridgehead atoms. The fourth-order valence-corrected chi connectivity index (χ4v) is 5.21. The lowest BCUT2D eigenvalue weighted by Gasteiger charge is -2.16. The van der Waals surface area contributed by atoms with Crippen LogP contribution in [0, 0.1) is 6.92 Å². The molecule has 5 aromatic rings. The molecule has 0 aliphatic heterocycles. The van der Waals surface area contributed by atoms with Gasteiger partial charge in [0.1, 0.15) is 0 Å². The number of nitrogens with zero attached hydrogens (tertiary/aromatic N) is 4. The molecule has 236 valence electrons. The van der Waals surface area contributed by atoms with Crippen molar-refractivity contribution in [1.29, 1.82) is 0 Å². The summed E-state index contributed by atoms with van der Waals surface area (Å²) >= 11 is 0. The van der Waals surface area contributed by atoms with Gasteiger partial charge in [-0.25, -0.2) is 19.9 Å². The van der Waals surface area contributed by atoms with Crippen LogP contribution < -0.4 is 0 Å².